The van der Waals surface area contributed by atoms with Gasteiger partial charge in [-0.2, -0.15) is 17.4 Å². The van der Waals surface area contributed by atoms with E-state index in [2.05, 4.69) is 16.9 Å². The van der Waals surface area contributed by atoms with Crippen LogP contribution in [0.2, 0.25) is 0 Å². The molecule has 0 aromatic carbocycles. The second-order valence-corrected chi connectivity index (χ2v) is 5.42. The van der Waals surface area contributed by atoms with Crippen molar-refractivity contribution < 1.29 is 8.42 Å². The number of rotatable bonds is 5. The van der Waals surface area contributed by atoms with Crippen LogP contribution in [-0.2, 0) is 10.2 Å². The Morgan fingerprint density at radius 2 is 2.08 bits per heavy atom. The third kappa shape index (κ3) is 5.14. The minimum atomic E-state index is -3.37. The summed E-state index contributed by atoms with van der Waals surface area (Å²) < 4.78 is 26.0. The number of hydrogen-bond donors (Lipinski definition) is 2. The predicted molar refractivity (Wildman–Crippen MR) is 56.6 cm³/mol. The fourth-order valence-electron chi connectivity index (χ4n) is 0.703. The maximum Gasteiger partial charge on any atom is 0.279 e. The summed E-state index contributed by atoms with van der Waals surface area (Å²) in [7, 11) is -0.467. The lowest BCUT2D eigenvalue weighted by molar-refractivity contribution is 0.493. The summed E-state index contributed by atoms with van der Waals surface area (Å²) in [6, 6.07) is -0.273. The molecule has 0 heterocycles. The molecule has 78 valence electrons. The van der Waals surface area contributed by atoms with Gasteiger partial charge in [-0.05, 0) is 6.92 Å². The molecule has 0 aliphatic rings. The van der Waals surface area contributed by atoms with E-state index in [9.17, 15) is 8.42 Å². The Labute approximate surface area is 84.5 Å². The van der Waals surface area contributed by atoms with Crippen molar-refractivity contribution in [2.45, 2.75) is 19.4 Å². The smallest absolute Gasteiger partial charge is 0.279 e. The molecule has 0 spiro atoms. The molecule has 0 aromatic heterocycles. The zero-order valence-electron chi connectivity index (χ0n) is 7.94. The van der Waals surface area contributed by atoms with Gasteiger partial charge in [-0.3, -0.25) is 0 Å². The molecule has 0 aliphatic carbocycles. The molecule has 0 bridgehead atoms. The number of nitrogens with zero attached hydrogens (tertiary/aromatic N) is 1. The van der Waals surface area contributed by atoms with Crippen molar-refractivity contribution >= 4 is 27.4 Å². The molecule has 3 N–H and O–H groups in total. The minimum absolute atomic E-state index is 0.273. The van der Waals surface area contributed by atoms with Gasteiger partial charge in [0.25, 0.3) is 10.2 Å². The number of thiocarbonyl (C=S) groups is 1. The van der Waals surface area contributed by atoms with Crippen molar-refractivity contribution in [1.29, 1.82) is 0 Å². The molecule has 7 heteroatoms. The summed E-state index contributed by atoms with van der Waals surface area (Å²) in [4.78, 5) is 0.300. The molecule has 0 aromatic rings. The Hall–Kier alpha value is -0.240. The predicted octanol–water partition coefficient (Wildman–Crippen LogP) is -0.553. The van der Waals surface area contributed by atoms with Crippen molar-refractivity contribution in [2.75, 3.05) is 14.1 Å². The first-order valence-electron chi connectivity index (χ1n) is 3.74. The highest BCUT2D eigenvalue weighted by Gasteiger charge is 2.16. The lowest BCUT2D eigenvalue weighted by atomic mass is 10.3. The van der Waals surface area contributed by atoms with E-state index in [0.717, 1.165) is 4.31 Å². The van der Waals surface area contributed by atoms with E-state index in [1.54, 1.807) is 6.92 Å². The van der Waals surface area contributed by atoms with Crippen molar-refractivity contribution in [1.82, 2.24) is 9.03 Å². The molecule has 13 heavy (non-hydrogen) atoms. The van der Waals surface area contributed by atoms with Gasteiger partial charge in [-0.15, -0.1) is 0 Å². The van der Waals surface area contributed by atoms with Crippen LogP contribution < -0.4 is 10.5 Å². The molecule has 0 saturated carbocycles. The first-order valence-corrected chi connectivity index (χ1v) is 5.58. The summed E-state index contributed by atoms with van der Waals surface area (Å²) in [5.41, 5.74) is 5.27. The summed E-state index contributed by atoms with van der Waals surface area (Å²) in [5, 5.41) is 0. The van der Waals surface area contributed by atoms with Gasteiger partial charge in [-0.1, -0.05) is 12.2 Å². The largest absolute Gasteiger partial charge is 0.393 e. The van der Waals surface area contributed by atoms with E-state index in [-0.39, 0.29) is 6.04 Å². The third-order valence-corrected chi connectivity index (χ3v) is 3.17. The molecular weight excluding hydrogens is 210 g/mol. The normalized spacial score (nSPS) is 14.5. The molecule has 0 rings (SSSR count). The van der Waals surface area contributed by atoms with Crippen LogP contribution in [0.5, 0.6) is 0 Å². The highest BCUT2D eigenvalue weighted by Crippen LogP contribution is 1.96. The zero-order chi connectivity index (χ0) is 10.6. The quantitative estimate of drug-likeness (QED) is 0.615. The second-order valence-electron chi connectivity index (χ2n) is 2.98. The topological polar surface area (TPSA) is 75.4 Å². The highest BCUT2D eigenvalue weighted by molar-refractivity contribution is 7.87. The standard InChI is InChI=1S/C6H15N3O2S2/c1-5(4-6(7)12)8-13(10,11)9(2)3/h5,8H,4H2,1-3H3,(H2,7,12). The summed E-state index contributed by atoms with van der Waals surface area (Å²) in [6.45, 7) is 1.71. The molecule has 5 nitrogen and oxygen atoms in total. The van der Waals surface area contributed by atoms with E-state index in [4.69, 9.17) is 5.73 Å². The highest BCUT2D eigenvalue weighted by atomic mass is 32.2. The fourth-order valence-corrected chi connectivity index (χ4v) is 1.76. The van der Waals surface area contributed by atoms with E-state index < -0.39 is 10.2 Å². The number of hydrogen-bond acceptors (Lipinski definition) is 3. The number of nitrogens with two attached hydrogens (primary N) is 1. The molecule has 0 fully saturated rings. The molecule has 1 unspecified atom stereocenters. The summed E-state index contributed by atoms with van der Waals surface area (Å²) in [5.74, 6) is 0. The van der Waals surface area contributed by atoms with Crippen molar-refractivity contribution in [3.05, 3.63) is 0 Å². The van der Waals surface area contributed by atoms with Crippen LogP contribution >= 0.6 is 12.2 Å². The molecule has 1 atom stereocenters. The Morgan fingerprint density at radius 1 is 1.62 bits per heavy atom. The lowest BCUT2D eigenvalue weighted by Gasteiger charge is -2.17. The van der Waals surface area contributed by atoms with Gasteiger partial charge in [0.15, 0.2) is 0 Å². The lowest BCUT2D eigenvalue weighted by Crippen LogP contribution is -2.42. The SMILES string of the molecule is CC(CC(N)=S)NS(=O)(=O)N(C)C. The van der Waals surface area contributed by atoms with Crippen LogP contribution in [0.1, 0.15) is 13.3 Å². The van der Waals surface area contributed by atoms with Gasteiger partial charge < -0.3 is 5.73 Å². The van der Waals surface area contributed by atoms with Crippen molar-refractivity contribution in [2.24, 2.45) is 5.73 Å². The molecule has 0 amide bonds. The third-order valence-electron chi connectivity index (χ3n) is 1.34. The Kier molecular flexibility index (Phi) is 4.76. The molecule has 0 aliphatic heterocycles. The van der Waals surface area contributed by atoms with Crippen LogP contribution in [0.15, 0.2) is 0 Å². The Morgan fingerprint density at radius 3 is 2.38 bits per heavy atom. The van der Waals surface area contributed by atoms with Crippen molar-refractivity contribution in [3.8, 4) is 0 Å². The molecule has 0 saturated heterocycles. The van der Waals surface area contributed by atoms with E-state index in [1.807, 2.05) is 0 Å². The second kappa shape index (κ2) is 4.85. The first kappa shape index (κ1) is 12.8. The average Bonchev–Trinajstić information content (AvgIpc) is 1.82. The molecular formula is C6H15N3O2S2. The Bertz CT molecular complexity index is 274. The summed E-state index contributed by atoms with van der Waals surface area (Å²) in [6.07, 6.45) is 0.363. The van der Waals surface area contributed by atoms with Crippen LogP contribution in [0.4, 0.5) is 0 Å². The minimum Gasteiger partial charge on any atom is -0.393 e. The fraction of sp³-hybridized carbons (Fsp3) is 0.833. The zero-order valence-corrected chi connectivity index (χ0v) is 9.58. The van der Waals surface area contributed by atoms with Gasteiger partial charge in [-0.25, -0.2) is 0 Å². The van der Waals surface area contributed by atoms with Crippen LogP contribution in [0.25, 0.3) is 0 Å². The van der Waals surface area contributed by atoms with Crippen molar-refractivity contribution in [3.63, 3.8) is 0 Å². The van der Waals surface area contributed by atoms with Crippen LogP contribution in [0.3, 0.4) is 0 Å². The van der Waals surface area contributed by atoms with Crippen LogP contribution in [0, 0.1) is 0 Å². The molecule has 0 radical (unpaired) electrons. The van der Waals surface area contributed by atoms with Gasteiger partial charge in [0.1, 0.15) is 0 Å². The van der Waals surface area contributed by atoms with E-state index >= 15 is 0 Å². The van der Waals surface area contributed by atoms with Gasteiger partial charge in [0, 0.05) is 26.6 Å². The van der Waals surface area contributed by atoms with E-state index in [1.165, 1.54) is 14.1 Å². The maximum absolute atomic E-state index is 11.3. The summed E-state index contributed by atoms with van der Waals surface area (Å²) >= 11 is 4.66. The number of nitrogens with one attached hydrogen (secondary N) is 1. The monoisotopic (exact) mass is 225 g/mol. The van der Waals surface area contributed by atoms with Gasteiger partial charge in [0.2, 0.25) is 0 Å². The van der Waals surface area contributed by atoms with Crippen LogP contribution in [-0.4, -0.2) is 37.8 Å². The van der Waals surface area contributed by atoms with E-state index in [0.29, 0.717) is 11.4 Å². The van der Waals surface area contributed by atoms with Gasteiger partial charge >= 0.3 is 0 Å². The average molecular weight is 225 g/mol. The first-order chi connectivity index (χ1) is 5.75. The van der Waals surface area contributed by atoms with Gasteiger partial charge in [0.05, 0.1) is 4.99 Å². The maximum atomic E-state index is 11.3. The Balaban J connectivity index is 4.21.